The predicted molar refractivity (Wildman–Crippen MR) is 64.3 cm³/mol. The Morgan fingerprint density at radius 1 is 1.35 bits per heavy atom. The van der Waals surface area contributed by atoms with Gasteiger partial charge in [-0.2, -0.15) is 0 Å². The minimum absolute atomic E-state index is 0.366. The first-order chi connectivity index (χ1) is 8.33. The molecule has 5 heteroatoms. The van der Waals surface area contributed by atoms with Crippen molar-refractivity contribution in [2.45, 2.75) is 25.8 Å². The number of rotatable bonds is 2. The van der Waals surface area contributed by atoms with Gasteiger partial charge >= 0.3 is 0 Å². The van der Waals surface area contributed by atoms with Crippen LogP contribution in [0.15, 0.2) is 18.5 Å². The smallest absolute Gasteiger partial charge is 0.156 e. The average molecular weight is 229 g/mol. The lowest BCUT2D eigenvalue weighted by molar-refractivity contribution is 0.623. The van der Waals surface area contributed by atoms with Crippen molar-refractivity contribution in [3.63, 3.8) is 0 Å². The first-order valence-electron chi connectivity index (χ1n) is 5.91. The highest BCUT2D eigenvalue weighted by molar-refractivity contribution is 5.49. The standard InChI is InChI=1S/C12H15N5/c1-8-16-10(9-3-2-4-13-9)7-11(17-8)12-14-5-6-15-12/h5-7,9,13H,2-4H2,1H3,(H,14,15). The highest BCUT2D eigenvalue weighted by Crippen LogP contribution is 2.23. The zero-order valence-electron chi connectivity index (χ0n) is 9.77. The molecule has 0 aromatic carbocycles. The molecule has 88 valence electrons. The van der Waals surface area contributed by atoms with Gasteiger partial charge in [0.15, 0.2) is 5.82 Å². The van der Waals surface area contributed by atoms with Gasteiger partial charge in [0.05, 0.1) is 5.69 Å². The van der Waals surface area contributed by atoms with Crippen molar-refractivity contribution in [1.29, 1.82) is 0 Å². The normalized spacial score (nSPS) is 19.7. The van der Waals surface area contributed by atoms with Crippen LogP contribution in [0.1, 0.15) is 30.4 Å². The van der Waals surface area contributed by atoms with Crippen molar-refractivity contribution in [3.05, 3.63) is 30.0 Å². The van der Waals surface area contributed by atoms with E-state index in [9.17, 15) is 0 Å². The summed E-state index contributed by atoms with van der Waals surface area (Å²) in [5, 5.41) is 3.45. The Bertz CT molecular complexity index is 500. The van der Waals surface area contributed by atoms with Crippen LogP contribution in [0.3, 0.4) is 0 Å². The molecule has 5 nitrogen and oxygen atoms in total. The molecule has 2 N–H and O–H groups in total. The van der Waals surface area contributed by atoms with Gasteiger partial charge in [-0.25, -0.2) is 15.0 Å². The second-order valence-corrected chi connectivity index (χ2v) is 4.31. The number of hydrogen-bond acceptors (Lipinski definition) is 4. The van der Waals surface area contributed by atoms with E-state index in [2.05, 4.69) is 25.3 Å². The van der Waals surface area contributed by atoms with E-state index in [1.807, 2.05) is 13.0 Å². The molecule has 0 saturated carbocycles. The molecule has 0 amide bonds. The molecule has 3 heterocycles. The van der Waals surface area contributed by atoms with Crippen LogP contribution in [-0.2, 0) is 0 Å². The number of H-pyrrole nitrogens is 1. The molecule has 0 aliphatic carbocycles. The summed E-state index contributed by atoms with van der Waals surface area (Å²) in [5.74, 6) is 1.59. The van der Waals surface area contributed by atoms with Crippen molar-refractivity contribution in [2.75, 3.05) is 6.54 Å². The van der Waals surface area contributed by atoms with Gasteiger partial charge in [0.1, 0.15) is 11.5 Å². The molecule has 0 spiro atoms. The lowest BCUT2D eigenvalue weighted by atomic mass is 10.1. The van der Waals surface area contributed by atoms with E-state index in [1.165, 1.54) is 6.42 Å². The van der Waals surface area contributed by atoms with Gasteiger partial charge < -0.3 is 10.3 Å². The van der Waals surface area contributed by atoms with Crippen molar-refractivity contribution in [1.82, 2.24) is 25.3 Å². The minimum Gasteiger partial charge on any atom is -0.343 e. The third-order valence-electron chi connectivity index (χ3n) is 3.02. The average Bonchev–Trinajstić information content (AvgIpc) is 3.02. The fraction of sp³-hybridized carbons (Fsp3) is 0.417. The van der Waals surface area contributed by atoms with Gasteiger partial charge in [-0.15, -0.1) is 0 Å². The van der Waals surface area contributed by atoms with Crippen molar-refractivity contribution in [2.24, 2.45) is 0 Å². The van der Waals surface area contributed by atoms with Crippen molar-refractivity contribution >= 4 is 0 Å². The minimum atomic E-state index is 0.366. The molecule has 3 rings (SSSR count). The molecule has 17 heavy (non-hydrogen) atoms. The Hall–Kier alpha value is -1.75. The van der Waals surface area contributed by atoms with Crippen LogP contribution in [0.4, 0.5) is 0 Å². The number of nitrogens with zero attached hydrogens (tertiary/aromatic N) is 3. The lowest BCUT2D eigenvalue weighted by Gasteiger charge is -2.11. The molecule has 2 aromatic heterocycles. The number of hydrogen-bond donors (Lipinski definition) is 2. The monoisotopic (exact) mass is 229 g/mol. The summed E-state index contributed by atoms with van der Waals surface area (Å²) in [5.41, 5.74) is 1.94. The molecule has 1 aliphatic rings. The number of imidazole rings is 1. The summed E-state index contributed by atoms with van der Waals surface area (Å²) in [7, 11) is 0. The van der Waals surface area contributed by atoms with Crippen molar-refractivity contribution < 1.29 is 0 Å². The van der Waals surface area contributed by atoms with Crippen LogP contribution in [0, 0.1) is 6.92 Å². The van der Waals surface area contributed by atoms with E-state index in [0.717, 1.165) is 36.0 Å². The SMILES string of the molecule is Cc1nc(-c2ncc[nH]2)cc(C2CCCN2)n1. The van der Waals surface area contributed by atoms with Gasteiger partial charge in [0.25, 0.3) is 0 Å². The highest BCUT2D eigenvalue weighted by Gasteiger charge is 2.19. The zero-order valence-corrected chi connectivity index (χ0v) is 9.77. The Labute approximate surface area is 99.7 Å². The molecule has 0 bridgehead atoms. The van der Waals surface area contributed by atoms with E-state index >= 15 is 0 Å². The maximum absolute atomic E-state index is 4.51. The fourth-order valence-electron chi connectivity index (χ4n) is 2.23. The molecule has 1 atom stereocenters. The number of aromatic amines is 1. The van der Waals surface area contributed by atoms with E-state index in [0.29, 0.717) is 6.04 Å². The molecular formula is C12H15N5. The topological polar surface area (TPSA) is 66.5 Å². The number of aromatic nitrogens is 4. The van der Waals surface area contributed by atoms with E-state index < -0.39 is 0 Å². The zero-order chi connectivity index (χ0) is 11.7. The van der Waals surface area contributed by atoms with Gasteiger partial charge in [-0.1, -0.05) is 0 Å². The Kier molecular flexibility index (Phi) is 2.60. The maximum Gasteiger partial charge on any atom is 0.156 e. The number of nitrogens with one attached hydrogen (secondary N) is 2. The Balaban J connectivity index is 2.00. The first-order valence-corrected chi connectivity index (χ1v) is 5.91. The molecule has 1 aliphatic heterocycles. The predicted octanol–water partition coefficient (Wildman–Crippen LogP) is 1.60. The summed E-state index contributed by atoms with van der Waals surface area (Å²) in [6.07, 6.45) is 5.90. The largest absolute Gasteiger partial charge is 0.343 e. The van der Waals surface area contributed by atoms with E-state index in [1.54, 1.807) is 12.4 Å². The van der Waals surface area contributed by atoms with Crippen LogP contribution in [0.2, 0.25) is 0 Å². The molecule has 1 saturated heterocycles. The maximum atomic E-state index is 4.51. The van der Waals surface area contributed by atoms with Crippen LogP contribution < -0.4 is 5.32 Å². The summed E-state index contributed by atoms with van der Waals surface area (Å²) in [6.45, 7) is 2.99. The summed E-state index contributed by atoms with van der Waals surface area (Å²) in [6, 6.07) is 2.39. The van der Waals surface area contributed by atoms with Crippen LogP contribution in [0.25, 0.3) is 11.5 Å². The summed E-state index contributed by atoms with van der Waals surface area (Å²) < 4.78 is 0. The van der Waals surface area contributed by atoms with E-state index in [-0.39, 0.29) is 0 Å². The fourth-order valence-corrected chi connectivity index (χ4v) is 2.23. The van der Waals surface area contributed by atoms with Crippen LogP contribution in [0.5, 0.6) is 0 Å². The second-order valence-electron chi connectivity index (χ2n) is 4.31. The van der Waals surface area contributed by atoms with Gasteiger partial charge in [0.2, 0.25) is 0 Å². The molecular weight excluding hydrogens is 214 g/mol. The summed E-state index contributed by atoms with van der Waals surface area (Å²) in [4.78, 5) is 16.2. The molecule has 2 aromatic rings. The number of aryl methyl sites for hydroxylation is 1. The summed E-state index contributed by atoms with van der Waals surface area (Å²) >= 11 is 0. The second kappa shape index (κ2) is 4.25. The Morgan fingerprint density at radius 3 is 3.00 bits per heavy atom. The molecule has 1 unspecified atom stereocenters. The van der Waals surface area contributed by atoms with Crippen LogP contribution in [-0.4, -0.2) is 26.5 Å². The van der Waals surface area contributed by atoms with Gasteiger partial charge in [-0.3, -0.25) is 0 Å². The van der Waals surface area contributed by atoms with Crippen molar-refractivity contribution in [3.8, 4) is 11.5 Å². The molecule has 0 radical (unpaired) electrons. The van der Waals surface area contributed by atoms with Gasteiger partial charge in [0, 0.05) is 18.4 Å². The quantitative estimate of drug-likeness (QED) is 0.820. The third kappa shape index (κ3) is 2.06. The third-order valence-corrected chi connectivity index (χ3v) is 3.02. The highest BCUT2D eigenvalue weighted by atomic mass is 15.0. The molecule has 1 fully saturated rings. The Morgan fingerprint density at radius 2 is 2.29 bits per heavy atom. The van der Waals surface area contributed by atoms with Gasteiger partial charge in [-0.05, 0) is 32.4 Å². The lowest BCUT2D eigenvalue weighted by Crippen LogP contribution is -2.15. The van der Waals surface area contributed by atoms with E-state index in [4.69, 9.17) is 0 Å². The van der Waals surface area contributed by atoms with Crippen LogP contribution >= 0.6 is 0 Å². The first kappa shape index (κ1) is 10.4.